The fourth-order valence-electron chi connectivity index (χ4n) is 3.63. The second-order valence-electron chi connectivity index (χ2n) is 8.06. The van der Waals surface area contributed by atoms with Gasteiger partial charge in [-0.1, -0.05) is 37.3 Å². The van der Waals surface area contributed by atoms with Crippen LogP contribution in [0.3, 0.4) is 0 Å². The first-order valence-electron chi connectivity index (χ1n) is 11.6. The van der Waals surface area contributed by atoms with Crippen LogP contribution in [0.25, 0.3) is 0 Å². The van der Waals surface area contributed by atoms with Crippen LogP contribution in [-0.4, -0.2) is 38.7 Å². The summed E-state index contributed by atoms with van der Waals surface area (Å²) in [7, 11) is 3.18. The molecule has 0 unspecified atom stereocenters. The number of rotatable bonds is 11. The molecular formula is C28H32N2O5. The summed E-state index contributed by atoms with van der Waals surface area (Å²) in [6, 6.07) is 20.1. The molecule has 3 aromatic rings. The van der Waals surface area contributed by atoms with Gasteiger partial charge in [-0.25, -0.2) is 0 Å². The standard InChI is InChI=1S/C28H32N2O5/c1-5-24(35-21-10-8-9-19(2)17-21)28(32)30-23-12-7-6-11-22(23)27(31)29-16-15-20-13-14-25(33-3)26(18-20)34-4/h6-14,17-18,24H,5,15-16H2,1-4H3,(H,29,31)(H,30,32)/t24-/m0/s1. The molecule has 2 N–H and O–H groups in total. The average Bonchev–Trinajstić information content (AvgIpc) is 2.87. The van der Waals surface area contributed by atoms with E-state index in [9.17, 15) is 9.59 Å². The summed E-state index contributed by atoms with van der Waals surface area (Å²) < 4.78 is 16.5. The topological polar surface area (TPSA) is 85.9 Å². The van der Waals surface area contributed by atoms with Crippen LogP contribution < -0.4 is 24.8 Å². The molecule has 0 radical (unpaired) electrons. The number of methoxy groups -OCH3 is 2. The summed E-state index contributed by atoms with van der Waals surface area (Å²) in [6.45, 7) is 4.27. The van der Waals surface area contributed by atoms with Gasteiger partial charge in [0, 0.05) is 6.54 Å². The van der Waals surface area contributed by atoms with Crippen LogP contribution in [0.4, 0.5) is 5.69 Å². The van der Waals surface area contributed by atoms with E-state index in [1.54, 1.807) is 38.5 Å². The molecule has 0 aliphatic heterocycles. The Morgan fingerprint density at radius 2 is 1.69 bits per heavy atom. The number of para-hydroxylation sites is 1. The largest absolute Gasteiger partial charge is 0.493 e. The molecular weight excluding hydrogens is 444 g/mol. The van der Waals surface area contributed by atoms with E-state index in [4.69, 9.17) is 14.2 Å². The maximum absolute atomic E-state index is 12.9. The molecule has 0 aliphatic carbocycles. The quantitative estimate of drug-likeness (QED) is 0.416. The maximum Gasteiger partial charge on any atom is 0.265 e. The zero-order valence-electron chi connectivity index (χ0n) is 20.6. The molecule has 0 aliphatic rings. The van der Waals surface area contributed by atoms with Crippen molar-refractivity contribution in [3.05, 3.63) is 83.4 Å². The zero-order valence-corrected chi connectivity index (χ0v) is 20.6. The van der Waals surface area contributed by atoms with Gasteiger partial charge in [0.2, 0.25) is 0 Å². The van der Waals surface area contributed by atoms with Crippen molar-refractivity contribution in [3.8, 4) is 17.2 Å². The molecule has 3 aromatic carbocycles. The van der Waals surface area contributed by atoms with Gasteiger partial charge in [-0.3, -0.25) is 9.59 Å². The second kappa shape index (κ2) is 12.5. The number of anilines is 1. The molecule has 0 spiro atoms. The van der Waals surface area contributed by atoms with Crippen molar-refractivity contribution in [2.24, 2.45) is 0 Å². The second-order valence-corrected chi connectivity index (χ2v) is 8.06. The van der Waals surface area contributed by atoms with Crippen molar-refractivity contribution >= 4 is 17.5 Å². The van der Waals surface area contributed by atoms with Gasteiger partial charge in [-0.15, -0.1) is 0 Å². The monoisotopic (exact) mass is 476 g/mol. The van der Waals surface area contributed by atoms with Gasteiger partial charge in [-0.05, 0) is 67.3 Å². The minimum absolute atomic E-state index is 0.269. The maximum atomic E-state index is 12.9. The Labute approximate surface area is 206 Å². The molecule has 0 heterocycles. The first-order chi connectivity index (χ1) is 16.9. The normalized spacial score (nSPS) is 11.3. The number of carbonyl (C=O) groups is 2. The first-order valence-corrected chi connectivity index (χ1v) is 11.6. The lowest BCUT2D eigenvalue weighted by Crippen LogP contribution is -2.33. The fourth-order valence-corrected chi connectivity index (χ4v) is 3.63. The van der Waals surface area contributed by atoms with Gasteiger partial charge in [0.15, 0.2) is 17.6 Å². The van der Waals surface area contributed by atoms with Crippen LogP contribution in [0.2, 0.25) is 0 Å². The lowest BCUT2D eigenvalue weighted by atomic mass is 10.1. The Morgan fingerprint density at radius 1 is 0.914 bits per heavy atom. The molecule has 0 fully saturated rings. The van der Waals surface area contributed by atoms with E-state index in [0.717, 1.165) is 11.1 Å². The van der Waals surface area contributed by atoms with Crippen LogP contribution in [0, 0.1) is 6.92 Å². The molecule has 2 amide bonds. The molecule has 184 valence electrons. The molecule has 1 atom stereocenters. The number of carbonyl (C=O) groups excluding carboxylic acids is 2. The lowest BCUT2D eigenvalue weighted by molar-refractivity contribution is -0.122. The zero-order chi connectivity index (χ0) is 25.2. The molecule has 0 saturated carbocycles. The molecule has 3 rings (SSSR count). The highest BCUT2D eigenvalue weighted by Crippen LogP contribution is 2.27. The SMILES string of the molecule is CC[C@H](Oc1cccc(C)c1)C(=O)Nc1ccccc1C(=O)NCCc1ccc(OC)c(OC)c1. The number of aryl methyl sites for hydroxylation is 1. The number of nitrogens with one attached hydrogen (secondary N) is 2. The number of benzene rings is 3. The number of ether oxygens (including phenoxy) is 3. The van der Waals surface area contributed by atoms with Crippen LogP contribution in [-0.2, 0) is 11.2 Å². The summed E-state index contributed by atoms with van der Waals surface area (Å²) in [5.41, 5.74) is 2.88. The molecule has 0 saturated heterocycles. The minimum Gasteiger partial charge on any atom is -0.493 e. The van der Waals surface area contributed by atoms with Crippen molar-refractivity contribution in [1.29, 1.82) is 0 Å². The van der Waals surface area contributed by atoms with E-state index < -0.39 is 6.10 Å². The van der Waals surface area contributed by atoms with Crippen molar-refractivity contribution < 1.29 is 23.8 Å². The van der Waals surface area contributed by atoms with Crippen molar-refractivity contribution in [2.75, 3.05) is 26.1 Å². The highest BCUT2D eigenvalue weighted by Gasteiger charge is 2.21. The van der Waals surface area contributed by atoms with E-state index in [-0.39, 0.29) is 11.8 Å². The van der Waals surface area contributed by atoms with Crippen LogP contribution >= 0.6 is 0 Å². The predicted octanol–water partition coefficient (Wildman–Crippen LogP) is 4.78. The molecule has 35 heavy (non-hydrogen) atoms. The van der Waals surface area contributed by atoms with Gasteiger partial charge in [0.1, 0.15) is 5.75 Å². The summed E-state index contributed by atoms with van der Waals surface area (Å²) in [5.74, 6) is 1.35. The minimum atomic E-state index is -0.682. The van der Waals surface area contributed by atoms with Gasteiger partial charge in [-0.2, -0.15) is 0 Å². The van der Waals surface area contributed by atoms with Gasteiger partial charge >= 0.3 is 0 Å². The third-order valence-electron chi connectivity index (χ3n) is 5.51. The fraction of sp³-hybridized carbons (Fsp3) is 0.286. The van der Waals surface area contributed by atoms with Crippen LogP contribution in [0.1, 0.15) is 34.8 Å². The van der Waals surface area contributed by atoms with Gasteiger partial charge in [0.25, 0.3) is 11.8 Å². The van der Waals surface area contributed by atoms with Crippen LogP contribution in [0.15, 0.2) is 66.7 Å². The van der Waals surface area contributed by atoms with Gasteiger partial charge < -0.3 is 24.8 Å². The van der Waals surface area contributed by atoms with Gasteiger partial charge in [0.05, 0.1) is 25.5 Å². The van der Waals surface area contributed by atoms with E-state index in [0.29, 0.717) is 47.9 Å². The highest BCUT2D eigenvalue weighted by atomic mass is 16.5. The number of amides is 2. The Morgan fingerprint density at radius 3 is 2.40 bits per heavy atom. The smallest absolute Gasteiger partial charge is 0.265 e. The van der Waals surface area contributed by atoms with Crippen LogP contribution in [0.5, 0.6) is 17.2 Å². The molecule has 7 nitrogen and oxygen atoms in total. The highest BCUT2D eigenvalue weighted by molar-refractivity contribution is 6.04. The van der Waals surface area contributed by atoms with E-state index in [2.05, 4.69) is 10.6 Å². The Bertz CT molecular complexity index is 1160. The first kappa shape index (κ1) is 25.6. The number of hydrogen-bond acceptors (Lipinski definition) is 5. The number of hydrogen-bond donors (Lipinski definition) is 2. The van der Waals surface area contributed by atoms with E-state index in [1.165, 1.54) is 0 Å². The van der Waals surface area contributed by atoms with Crippen molar-refractivity contribution in [3.63, 3.8) is 0 Å². The Balaban J connectivity index is 1.62. The molecule has 7 heteroatoms. The van der Waals surface area contributed by atoms with E-state index >= 15 is 0 Å². The van der Waals surface area contributed by atoms with E-state index in [1.807, 2.05) is 56.3 Å². The average molecular weight is 477 g/mol. The third kappa shape index (κ3) is 6.99. The van der Waals surface area contributed by atoms with Crippen molar-refractivity contribution in [1.82, 2.24) is 5.32 Å². The molecule has 0 aromatic heterocycles. The summed E-state index contributed by atoms with van der Waals surface area (Å²) in [6.07, 6.45) is 0.417. The summed E-state index contributed by atoms with van der Waals surface area (Å²) in [5, 5.41) is 5.78. The van der Waals surface area contributed by atoms with Crippen molar-refractivity contribution in [2.45, 2.75) is 32.8 Å². The lowest BCUT2D eigenvalue weighted by Gasteiger charge is -2.19. The molecule has 0 bridgehead atoms. The summed E-state index contributed by atoms with van der Waals surface area (Å²) >= 11 is 0. The Hall–Kier alpha value is -4.00. The predicted molar refractivity (Wildman–Crippen MR) is 137 cm³/mol. The third-order valence-corrected chi connectivity index (χ3v) is 5.51. The Kier molecular flexibility index (Phi) is 9.12. The summed E-state index contributed by atoms with van der Waals surface area (Å²) in [4.78, 5) is 25.8.